The van der Waals surface area contributed by atoms with Crippen molar-refractivity contribution in [2.45, 2.75) is 13.8 Å². The van der Waals surface area contributed by atoms with Gasteiger partial charge in [0.2, 0.25) is 5.91 Å². The smallest absolute Gasteiger partial charge is 0.318 e. The molecule has 2 aromatic carbocycles. The topological polar surface area (TPSA) is 88.1 Å². The molecule has 148 valence electrons. The SMILES string of the molecule is CNC(=O)Nc1ccc(NC(=O)/C=C/c2c(C)nn(-c3ccccc3)c2C)cc1. The van der Waals surface area contributed by atoms with Gasteiger partial charge in [0.1, 0.15) is 0 Å². The predicted molar refractivity (Wildman–Crippen MR) is 115 cm³/mol. The van der Waals surface area contributed by atoms with Gasteiger partial charge in [0.25, 0.3) is 0 Å². The van der Waals surface area contributed by atoms with Crippen molar-refractivity contribution >= 4 is 29.4 Å². The molecule has 7 heteroatoms. The molecule has 1 aromatic heterocycles. The van der Waals surface area contributed by atoms with Crippen LogP contribution in [0.15, 0.2) is 60.7 Å². The van der Waals surface area contributed by atoms with E-state index in [0.717, 1.165) is 22.6 Å². The summed E-state index contributed by atoms with van der Waals surface area (Å²) in [5.74, 6) is -0.247. The number of rotatable bonds is 5. The molecule has 0 aliphatic carbocycles. The molecule has 0 saturated carbocycles. The number of para-hydroxylation sites is 1. The monoisotopic (exact) mass is 389 g/mol. The first-order valence-electron chi connectivity index (χ1n) is 9.17. The van der Waals surface area contributed by atoms with Gasteiger partial charge in [-0.1, -0.05) is 18.2 Å². The number of carbonyl (C=O) groups is 2. The van der Waals surface area contributed by atoms with Crippen LogP contribution in [0.5, 0.6) is 0 Å². The Bertz CT molecular complexity index is 1040. The Morgan fingerprint density at radius 3 is 2.17 bits per heavy atom. The molecule has 0 saturated heterocycles. The second-order valence-corrected chi connectivity index (χ2v) is 6.44. The van der Waals surface area contributed by atoms with Crippen molar-refractivity contribution in [2.75, 3.05) is 17.7 Å². The Balaban J connectivity index is 1.68. The highest BCUT2D eigenvalue weighted by molar-refractivity contribution is 6.02. The van der Waals surface area contributed by atoms with E-state index < -0.39 is 0 Å². The van der Waals surface area contributed by atoms with Crippen molar-refractivity contribution in [3.63, 3.8) is 0 Å². The number of aromatic nitrogens is 2. The van der Waals surface area contributed by atoms with E-state index in [-0.39, 0.29) is 11.9 Å². The summed E-state index contributed by atoms with van der Waals surface area (Å²) in [5.41, 5.74) is 4.96. The quantitative estimate of drug-likeness (QED) is 0.579. The molecule has 3 amide bonds. The summed E-state index contributed by atoms with van der Waals surface area (Å²) in [5, 5.41) is 12.5. The molecule has 0 spiro atoms. The molecule has 0 bridgehead atoms. The zero-order valence-corrected chi connectivity index (χ0v) is 16.6. The van der Waals surface area contributed by atoms with E-state index >= 15 is 0 Å². The highest BCUT2D eigenvalue weighted by atomic mass is 16.2. The first kappa shape index (κ1) is 19.9. The molecule has 29 heavy (non-hydrogen) atoms. The van der Waals surface area contributed by atoms with E-state index in [1.807, 2.05) is 48.9 Å². The fourth-order valence-corrected chi connectivity index (χ4v) is 2.89. The summed E-state index contributed by atoms with van der Waals surface area (Å²) in [6.45, 7) is 3.89. The van der Waals surface area contributed by atoms with Crippen LogP contribution >= 0.6 is 0 Å². The number of nitrogens with one attached hydrogen (secondary N) is 3. The maximum absolute atomic E-state index is 12.3. The van der Waals surface area contributed by atoms with Gasteiger partial charge in [-0.2, -0.15) is 5.10 Å². The number of benzene rings is 2. The normalized spacial score (nSPS) is 10.7. The Hall–Kier alpha value is -3.87. The van der Waals surface area contributed by atoms with Crippen molar-refractivity contribution in [3.8, 4) is 5.69 Å². The Morgan fingerprint density at radius 2 is 1.55 bits per heavy atom. The molecule has 3 rings (SSSR count). The molecule has 0 atom stereocenters. The van der Waals surface area contributed by atoms with Gasteiger partial charge in [0.05, 0.1) is 11.4 Å². The number of hydrogen-bond donors (Lipinski definition) is 3. The fraction of sp³-hybridized carbons (Fsp3) is 0.136. The lowest BCUT2D eigenvalue weighted by Crippen LogP contribution is -2.24. The lowest BCUT2D eigenvalue weighted by molar-refractivity contribution is -0.111. The van der Waals surface area contributed by atoms with Crippen molar-refractivity contribution < 1.29 is 9.59 Å². The van der Waals surface area contributed by atoms with Crippen molar-refractivity contribution in [3.05, 3.63) is 77.6 Å². The molecule has 0 aliphatic heterocycles. The standard InChI is InChI=1S/C22H23N5O2/c1-15-20(16(2)27(26-15)19-7-5-4-6-8-19)13-14-21(28)24-17-9-11-18(12-10-17)25-22(29)23-3/h4-14H,1-3H3,(H,24,28)(H2,23,25,29)/b14-13+. The number of carbonyl (C=O) groups excluding carboxylic acids is 2. The van der Waals surface area contributed by atoms with E-state index in [2.05, 4.69) is 21.0 Å². The highest BCUT2D eigenvalue weighted by Gasteiger charge is 2.10. The highest BCUT2D eigenvalue weighted by Crippen LogP contribution is 2.19. The minimum Gasteiger partial charge on any atom is -0.341 e. The van der Waals surface area contributed by atoms with Gasteiger partial charge in [-0.05, 0) is 56.3 Å². The molecule has 0 unspecified atom stereocenters. The number of anilines is 2. The van der Waals surface area contributed by atoms with Crippen LogP contribution < -0.4 is 16.0 Å². The van der Waals surface area contributed by atoms with Crippen molar-refractivity contribution in [2.24, 2.45) is 0 Å². The second-order valence-electron chi connectivity index (χ2n) is 6.44. The van der Waals surface area contributed by atoms with Gasteiger partial charge < -0.3 is 16.0 Å². The van der Waals surface area contributed by atoms with Crippen molar-refractivity contribution in [1.29, 1.82) is 0 Å². The molecular weight excluding hydrogens is 366 g/mol. The van der Waals surface area contributed by atoms with Crippen LogP contribution in [0, 0.1) is 13.8 Å². The molecule has 3 N–H and O–H groups in total. The van der Waals surface area contributed by atoms with Crippen molar-refractivity contribution in [1.82, 2.24) is 15.1 Å². The van der Waals surface area contributed by atoms with E-state index in [1.54, 1.807) is 37.4 Å². The third-order valence-electron chi connectivity index (χ3n) is 4.39. The molecule has 0 radical (unpaired) electrons. The van der Waals surface area contributed by atoms with Crippen LogP contribution in [0.1, 0.15) is 17.0 Å². The zero-order chi connectivity index (χ0) is 20.8. The van der Waals surface area contributed by atoms with Crippen LogP contribution in [0.25, 0.3) is 11.8 Å². The minimum absolute atomic E-state index is 0.247. The summed E-state index contributed by atoms with van der Waals surface area (Å²) >= 11 is 0. The van der Waals surface area contributed by atoms with E-state index in [0.29, 0.717) is 11.4 Å². The number of amides is 3. The number of aryl methyl sites for hydroxylation is 1. The maximum atomic E-state index is 12.3. The Kier molecular flexibility index (Phi) is 6.09. The Morgan fingerprint density at radius 1 is 0.931 bits per heavy atom. The minimum atomic E-state index is -0.300. The van der Waals surface area contributed by atoms with Gasteiger partial charge in [-0.15, -0.1) is 0 Å². The summed E-state index contributed by atoms with van der Waals surface area (Å²) < 4.78 is 1.87. The van der Waals surface area contributed by atoms with Gasteiger partial charge in [-0.25, -0.2) is 9.48 Å². The molecule has 0 fully saturated rings. The largest absolute Gasteiger partial charge is 0.341 e. The summed E-state index contributed by atoms with van der Waals surface area (Å²) in [7, 11) is 1.54. The fourth-order valence-electron chi connectivity index (χ4n) is 2.89. The third kappa shape index (κ3) is 4.90. The van der Waals surface area contributed by atoms with Gasteiger partial charge >= 0.3 is 6.03 Å². The number of hydrogen-bond acceptors (Lipinski definition) is 3. The van der Waals surface area contributed by atoms with Gasteiger partial charge in [0, 0.05) is 35.8 Å². The maximum Gasteiger partial charge on any atom is 0.318 e. The average molecular weight is 389 g/mol. The molecule has 0 aliphatic rings. The van der Waals surface area contributed by atoms with Crippen LogP contribution in [-0.4, -0.2) is 28.8 Å². The zero-order valence-electron chi connectivity index (χ0n) is 16.6. The van der Waals surface area contributed by atoms with E-state index in [4.69, 9.17) is 0 Å². The summed E-state index contributed by atoms with van der Waals surface area (Å²) in [4.78, 5) is 23.6. The summed E-state index contributed by atoms with van der Waals surface area (Å²) in [6, 6.07) is 16.4. The van der Waals surface area contributed by atoms with E-state index in [9.17, 15) is 9.59 Å². The van der Waals surface area contributed by atoms with E-state index in [1.165, 1.54) is 6.08 Å². The third-order valence-corrected chi connectivity index (χ3v) is 4.39. The first-order valence-corrected chi connectivity index (χ1v) is 9.17. The number of urea groups is 1. The van der Waals surface area contributed by atoms with Gasteiger partial charge in [0.15, 0.2) is 0 Å². The van der Waals surface area contributed by atoms with Crippen LogP contribution in [0.2, 0.25) is 0 Å². The van der Waals surface area contributed by atoms with Crippen LogP contribution in [-0.2, 0) is 4.79 Å². The van der Waals surface area contributed by atoms with Crippen LogP contribution in [0.4, 0.5) is 16.2 Å². The van der Waals surface area contributed by atoms with Crippen LogP contribution in [0.3, 0.4) is 0 Å². The molecular formula is C22H23N5O2. The summed E-state index contributed by atoms with van der Waals surface area (Å²) in [6.07, 6.45) is 3.26. The number of nitrogens with zero attached hydrogens (tertiary/aromatic N) is 2. The predicted octanol–water partition coefficient (Wildman–Crippen LogP) is 3.89. The molecule has 1 heterocycles. The lowest BCUT2D eigenvalue weighted by atomic mass is 10.2. The lowest BCUT2D eigenvalue weighted by Gasteiger charge is -2.06. The Labute approximate surface area is 169 Å². The van der Waals surface area contributed by atoms with Gasteiger partial charge in [-0.3, -0.25) is 4.79 Å². The first-order chi connectivity index (χ1) is 14.0. The average Bonchev–Trinajstić information content (AvgIpc) is 3.02. The molecule has 3 aromatic rings. The molecule has 7 nitrogen and oxygen atoms in total. The second kappa shape index (κ2) is 8.88.